The zero-order valence-corrected chi connectivity index (χ0v) is 20.9. The Bertz CT molecular complexity index is 597. The van der Waals surface area contributed by atoms with Crippen molar-refractivity contribution >= 4 is 17.3 Å². The third-order valence-electron chi connectivity index (χ3n) is 9.08. The average molecular weight is 463 g/mol. The summed E-state index contributed by atoms with van der Waals surface area (Å²) in [7, 11) is 0. The van der Waals surface area contributed by atoms with Crippen LogP contribution in [0.2, 0.25) is 0 Å². The van der Waals surface area contributed by atoms with E-state index in [1.54, 1.807) is 0 Å². The topological polar surface area (TPSA) is 45.8 Å². The summed E-state index contributed by atoms with van der Waals surface area (Å²) in [6.07, 6.45) is 14.2. The van der Waals surface area contributed by atoms with Gasteiger partial charge in [-0.05, 0) is 82.1 Å². The summed E-state index contributed by atoms with van der Waals surface area (Å²) in [5.74, 6) is 1.77. The van der Waals surface area contributed by atoms with E-state index < -0.39 is 0 Å². The van der Waals surface area contributed by atoms with Crippen LogP contribution in [0.25, 0.3) is 0 Å². The van der Waals surface area contributed by atoms with Gasteiger partial charge in [0.1, 0.15) is 0 Å². The molecule has 182 valence electrons. The smallest absolute Gasteiger partial charge is 0.166 e. The molecule has 5 atom stereocenters. The van der Waals surface area contributed by atoms with E-state index in [-0.39, 0.29) is 0 Å². The maximum Gasteiger partial charge on any atom is 0.166 e. The highest BCUT2D eigenvalue weighted by Crippen LogP contribution is 2.36. The van der Waals surface area contributed by atoms with Gasteiger partial charge < -0.3 is 20.9 Å². The molecule has 1 aliphatic carbocycles. The molecule has 6 fully saturated rings. The van der Waals surface area contributed by atoms with Gasteiger partial charge in [0.25, 0.3) is 0 Å². The number of piperidine rings is 4. The van der Waals surface area contributed by atoms with Gasteiger partial charge in [-0.15, -0.1) is 0 Å². The molecule has 0 spiro atoms. The van der Waals surface area contributed by atoms with Gasteiger partial charge in [0.2, 0.25) is 0 Å². The largest absolute Gasteiger partial charge is 0.361 e. The summed E-state index contributed by atoms with van der Waals surface area (Å²) in [6.45, 7) is 11.1. The molecule has 3 N–H and O–H groups in total. The lowest BCUT2D eigenvalue weighted by Crippen LogP contribution is -2.60. The third kappa shape index (κ3) is 5.96. The van der Waals surface area contributed by atoms with Crippen molar-refractivity contribution in [1.29, 1.82) is 0 Å². The molecular formula is C25H46N6S. The van der Waals surface area contributed by atoms with Crippen molar-refractivity contribution in [2.75, 3.05) is 58.9 Å². The Morgan fingerprint density at radius 2 is 1.69 bits per heavy atom. The summed E-state index contributed by atoms with van der Waals surface area (Å²) in [5, 5.41) is 11.8. The SMILES string of the molecule is S=C(NC[C@@H]1C[C@H]2CCN1C[C@@H]2CN1CCN(C2CCCCN2)CC1)NC1CCCCC1. The first-order valence-electron chi connectivity index (χ1n) is 13.7. The lowest BCUT2D eigenvalue weighted by atomic mass is 9.75. The van der Waals surface area contributed by atoms with Gasteiger partial charge >= 0.3 is 0 Å². The zero-order valence-electron chi connectivity index (χ0n) is 20.1. The van der Waals surface area contributed by atoms with Gasteiger partial charge in [0.15, 0.2) is 5.11 Å². The number of hydrogen-bond donors (Lipinski definition) is 3. The zero-order chi connectivity index (χ0) is 21.8. The molecule has 2 unspecified atom stereocenters. The number of nitrogens with one attached hydrogen (secondary N) is 3. The molecule has 0 aromatic rings. The number of fused-ring (bicyclic) bond motifs is 3. The highest BCUT2D eigenvalue weighted by molar-refractivity contribution is 7.80. The van der Waals surface area contributed by atoms with Crippen molar-refractivity contribution in [3.63, 3.8) is 0 Å². The van der Waals surface area contributed by atoms with E-state index in [1.165, 1.54) is 117 Å². The molecule has 32 heavy (non-hydrogen) atoms. The van der Waals surface area contributed by atoms with Crippen LogP contribution in [-0.4, -0.2) is 97.0 Å². The molecule has 0 radical (unpaired) electrons. The number of rotatable bonds is 6. The molecule has 5 heterocycles. The van der Waals surface area contributed by atoms with Crippen molar-refractivity contribution in [2.45, 2.75) is 82.5 Å². The number of piperazine rings is 1. The fourth-order valence-electron chi connectivity index (χ4n) is 7.10. The van der Waals surface area contributed by atoms with E-state index in [0.29, 0.717) is 18.2 Å². The normalized spacial score (nSPS) is 37.3. The van der Waals surface area contributed by atoms with Gasteiger partial charge in [-0.25, -0.2) is 0 Å². The third-order valence-corrected chi connectivity index (χ3v) is 9.34. The van der Waals surface area contributed by atoms with Crippen LogP contribution in [0.1, 0.15) is 64.2 Å². The molecule has 2 bridgehead atoms. The Kier molecular flexibility index (Phi) is 8.22. The molecule has 6 nitrogen and oxygen atoms in total. The van der Waals surface area contributed by atoms with Crippen LogP contribution in [0.4, 0.5) is 0 Å². The molecule has 6 aliphatic rings. The van der Waals surface area contributed by atoms with Gasteiger partial charge in [0.05, 0.1) is 6.17 Å². The Hall–Kier alpha value is -0.470. The second kappa shape index (κ2) is 11.3. The van der Waals surface area contributed by atoms with Crippen LogP contribution < -0.4 is 16.0 Å². The lowest BCUT2D eigenvalue weighted by molar-refractivity contribution is -0.0201. The standard InChI is InChI=1S/C25H46N6S/c32-25(28-22-6-2-1-3-7-22)27-17-23-16-20-9-11-31(23)19-21(20)18-29-12-14-30(15-13-29)24-8-4-5-10-26-24/h20-24,26H,1-19H2,(H2,27,28,32)/t20-,21+,23+,24?/m1/s1. The van der Waals surface area contributed by atoms with Crippen LogP contribution in [0.3, 0.4) is 0 Å². The van der Waals surface area contributed by atoms with Crippen molar-refractivity contribution in [3.05, 3.63) is 0 Å². The molecule has 0 amide bonds. The minimum atomic E-state index is 0.602. The summed E-state index contributed by atoms with van der Waals surface area (Å²) in [6, 6.07) is 1.27. The van der Waals surface area contributed by atoms with Crippen LogP contribution in [0.5, 0.6) is 0 Å². The second-order valence-electron chi connectivity index (χ2n) is 11.2. The van der Waals surface area contributed by atoms with Crippen LogP contribution in [0, 0.1) is 11.8 Å². The average Bonchev–Trinajstić information content (AvgIpc) is 2.85. The predicted molar refractivity (Wildman–Crippen MR) is 136 cm³/mol. The van der Waals surface area contributed by atoms with Gasteiger partial charge in [0, 0.05) is 57.9 Å². The fourth-order valence-corrected chi connectivity index (χ4v) is 7.35. The minimum absolute atomic E-state index is 0.602. The predicted octanol–water partition coefficient (Wildman–Crippen LogP) is 2.21. The van der Waals surface area contributed by atoms with E-state index in [2.05, 4.69) is 30.7 Å². The molecular weight excluding hydrogens is 416 g/mol. The van der Waals surface area contributed by atoms with Crippen LogP contribution >= 0.6 is 12.2 Å². The summed E-state index contributed by atoms with van der Waals surface area (Å²) in [5.41, 5.74) is 0. The summed E-state index contributed by atoms with van der Waals surface area (Å²) >= 11 is 5.62. The molecule has 5 aliphatic heterocycles. The fraction of sp³-hybridized carbons (Fsp3) is 0.960. The number of nitrogens with zero attached hydrogens (tertiary/aromatic N) is 3. The van der Waals surface area contributed by atoms with Crippen molar-refractivity contribution in [2.24, 2.45) is 11.8 Å². The molecule has 7 heteroatoms. The molecule has 6 rings (SSSR count). The molecule has 5 saturated heterocycles. The number of hydrogen-bond acceptors (Lipinski definition) is 5. The molecule has 1 saturated carbocycles. The van der Waals surface area contributed by atoms with Crippen molar-refractivity contribution < 1.29 is 0 Å². The summed E-state index contributed by atoms with van der Waals surface area (Å²) in [4.78, 5) is 8.24. The highest BCUT2D eigenvalue weighted by Gasteiger charge is 2.40. The van der Waals surface area contributed by atoms with Gasteiger partial charge in [-0.1, -0.05) is 19.3 Å². The van der Waals surface area contributed by atoms with E-state index in [9.17, 15) is 0 Å². The van der Waals surface area contributed by atoms with Crippen molar-refractivity contribution in [1.82, 2.24) is 30.7 Å². The maximum atomic E-state index is 5.62. The Balaban J connectivity index is 1.02. The van der Waals surface area contributed by atoms with E-state index >= 15 is 0 Å². The van der Waals surface area contributed by atoms with E-state index in [1.807, 2.05) is 0 Å². The van der Waals surface area contributed by atoms with Crippen LogP contribution in [-0.2, 0) is 0 Å². The van der Waals surface area contributed by atoms with E-state index in [0.717, 1.165) is 23.5 Å². The highest BCUT2D eigenvalue weighted by atomic mass is 32.1. The first-order chi connectivity index (χ1) is 15.7. The summed E-state index contributed by atoms with van der Waals surface area (Å²) < 4.78 is 0. The maximum absolute atomic E-state index is 5.62. The Labute approximate surface area is 201 Å². The van der Waals surface area contributed by atoms with Gasteiger partial charge in [-0.2, -0.15) is 0 Å². The molecule has 0 aromatic carbocycles. The Morgan fingerprint density at radius 3 is 2.41 bits per heavy atom. The Morgan fingerprint density at radius 1 is 0.875 bits per heavy atom. The second-order valence-corrected chi connectivity index (χ2v) is 11.6. The first kappa shape index (κ1) is 23.3. The first-order valence-corrected chi connectivity index (χ1v) is 14.1. The number of thiocarbonyl (C=S) groups is 1. The minimum Gasteiger partial charge on any atom is -0.361 e. The van der Waals surface area contributed by atoms with Crippen molar-refractivity contribution in [3.8, 4) is 0 Å². The van der Waals surface area contributed by atoms with Crippen LogP contribution in [0.15, 0.2) is 0 Å². The molecule has 0 aromatic heterocycles. The monoisotopic (exact) mass is 462 g/mol. The quantitative estimate of drug-likeness (QED) is 0.523. The van der Waals surface area contributed by atoms with Gasteiger partial charge in [-0.3, -0.25) is 9.80 Å². The van der Waals surface area contributed by atoms with E-state index in [4.69, 9.17) is 12.2 Å². The lowest BCUT2D eigenvalue weighted by Gasteiger charge is -2.51.